The Kier molecular flexibility index (Phi) is 34.5. The van der Waals surface area contributed by atoms with Gasteiger partial charge in [-0.25, -0.2) is 4.79 Å². The molecule has 95 heavy (non-hydrogen) atoms. The number of unbranched alkanes of at least 4 members (excludes halogenated alkanes) is 2. The summed E-state index contributed by atoms with van der Waals surface area (Å²) >= 11 is 0. The van der Waals surface area contributed by atoms with Gasteiger partial charge < -0.3 is 102 Å². The Morgan fingerprint density at radius 2 is 0.821 bits per heavy atom. The normalized spacial score (nSPS) is 14.5. The molecule has 0 aliphatic rings. The molecule has 1 heterocycles. The van der Waals surface area contributed by atoms with E-state index in [1.807, 2.05) is 24.3 Å². The summed E-state index contributed by atoms with van der Waals surface area (Å²) in [6.07, 6.45) is 3.14. The lowest BCUT2D eigenvalue weighted by atomic mass is 9.97. The summed E-state index contributed by atoms with van der Waals surface area (Å²) in [4.78, 5) is 144. The van der Waals surface area contributed by atoms with Crippen molar-refractivity contribution in [3.05, 3.63) is 65.9 Å². The number of nitrogens with one attached hydrogen (secondary N) is 14. The second-order valence-corrected chi connectivity index (χ2v) is 25.1. The molecule has 9 amide bonds. The zero-order valence-corrected chi connectivity index (χ0v) is 56.0. The Labute approximate surface area is 555 Å². The van der Waals surface area contributed by atoms with E-state index in [4.69, 9.17) is 39.5 Å². The average molecular weight is 1330 g/mol. The predicted molar refractivity (Wildman–Crippen MR) is 360 cm³/mol. The van der Waals surface area contributed by atoms with E-state index in [9.17, 15) is 58.2 Å². The molecule has 0 fully saturated rings. The highest BCUT2D eigenvalue weighted by molar-refractivity contribution is 5.99. The SMILES string of the molecule is CC(C)[C@H](N)C(=O)N[C@H](C(=O)N[C@@H](Cc1c[nH]c2ccccc12)C(=O)N[C@H](C(=O)N[C@H](C(=O)N[C@@H](Cc1ccc(O)cc1)C(=O)N[C@@H](CCCNC(=N)N)C(=O)N[C@@H](CCCCN)C(=O)N[C@@H](CCCCN)C(=O)N[C@@H](CCCNC(=N)N)C(=O)O)C(C)C)C(C)C)C(C)C. The first-order chi connectivity index (χ1) is 44.9. The number of carbonyl (C=O) groups is 10. The number of aromatic nitrogens is 1. The number of rotatable bonds is 43. The summed E-state index contributed by atoms with van der Waals surface area (Å²) in [5.41, 5.74) is 30.5. The van der Waals surface area contributed by atoms with Crippen LogP contribution in [-0.2, 0) is 60.8 Å². The van der Waals surface area contributed by atoms with Gasteiger partial charge in [-0.15, -0.1) is 0 Å². The van der Waals surface area contributed by atoms with Gasteiger partial charge in [0.25, 0.3) is 0 Å². The van der Waals surface area contributed by atoms with Crippen LogP contribution in [0.25, 0.3) is 10.9 Å². The maximum absolute atomic E-state index is 14.9. The van der Waals surface area contributed by atoms with E-state index in [0.717, 1.165) is 10.9 Å². The molecule has 528 valence electrons. The molecule has 0 bridgehead atoms. The van der Waals surface area contributed by atoms with Crippen molar-refractivity contribution in [2.45, 2.75) is 193 Å². The van der Waals surface area contributed by atoms with Crippen molar-refractivity contribution in [1.29, 1.82) is 10.8 Å². The minimum atomic E-state index is -1.50. The molecule has 0 saturated carbocycles. The van der Waals surface area contributed by atoms with Crippen molar-refractivity contribution in [1.82, 2.24) is 63.5 Å². The molecule has 10 atom stereocenters. The van der Waals surface area contributed by atoms with Gasteiger partial charge in [-0.1, -0.05) is 85.7 Å². The first kappa shape index (κ1) is 80.1. The van der Waals surface area contributed by atoms with Gasteiger partial charge >= 0.3 is 5.97 Å². The fourth-order valence-electron chi connectivity index (χ4n) is 10.2. The minimum Gasteiger partial charge on any atom is -0.508 e. The van der Waals surface area contributed by atoms with Gasteiger partial charge in [-0.3, -0.25) is 54.0 Å². The number of guanidine groups is 2. The highest BCUT2D eigenvalue weighted by Crippen LogP contribution is 2.21. The molecular formula is C64H105N19O12. The standard InChI is InChI=1S/C64H105N19O12/c1-34(2)49(67)58(90)82-50(35(3)4)59(91)80-48(32-39-33-74-42-18-10-9-17-41(39)42)57(89)81-52(37(7)8)61(93)83-51(36(5)6)60(92)79-47(31-38-23-25-40(84)26-24-38)56(88)77-45(21-15-29-72-63(68)69)54(86)75-43(19-11-13-27-65)53(85)76-44(20-12-14-28-66)55(87)78-46(62(94)95)22-16-30-73-64(70)71/h9-10,17-18,23-26,33-37,43-52,74,84H,11-16,19-22,27-32,65-67H2,1-8H3,(H,75,86)(H,76,85)(H,77,88)(H,78,87)(H,79,92)(H,80,91)(H,81,89)(H,82,90)(H,83,93)(H,94,95)(H4,68,69,72)(H4,70,71,73)/t43-,44-,45-,46-,47-,48-,49-,50-,51-,52-/m0/s1. The fraction of sp³-hybridized carbons (Fsp3) is 0.594. The minimum absolute atomic E-state index is 0.00105. The number of carboxylic acid groups (broad SMARTS) is 1. The number of aromatic hydroxyl groups is 1. The number of aromatic amines is 1. The zero-order valence-electron chi connectivity index (χ0n) is 56.0. The van der Waals surface area contributed by atoms with Crippen LogP contribution >= 0.6 is 0 Å². The number of fused-ring (bicyclic) bond motifs is 1. The monoisotopic (exact) mass is 1330 g/mol. The highest BCUT2D eigenvalue weighted by Gasteiger charge is 2.38. The average Bonchev–Trinajstić information content (AvgIpc) is 1.75. The van der Waals surface area contributed by atoms with Gasteiger partial charge in [-0.05, 0) is 130 Å². The largest absolute Gasteiger partial charge is 0.508 e. The number of H-pyrrole nitrogens is 1. The molecule has 0 aliphatic heterocycles. The van der Waals surface area contributed by atoms with Crippen molar-refractivity contribution in [3.63, 3.8) is 0 Å². The third kappa shape index (κ3) is 27.8. The van der Waals surface area contributed by atoms with Crippen LogP contribution in [0.5, 0.6) is 5.75 Å². The third-order valence-corrected chi connectivity index (χ3v) is 15.9. The van der Waals surface area contributed by atoms with Gasteiger partial charge in [0.05, 0.1) is 6.04 Å². The Hall–Kier alpha value is -9.10. The Morgan fingerprint density at radius 3 is 1.25 bits per heavy atom. The molecule has 31 nitrogen and oxygen atoms in total. The van der Waals surface area contributed by atoms with Gasteiger partial charge in [0, 0.05) is 43.0 Å². The number of hydrogen-bond donors (Lipinski definition) is 21. The first-order valence-corrected chi connectivity index (χ1v) is 32.5. The number of amides is 9. The number of carbonyl (C=O) groups excluding carboxylic acids is 9. The van der Waals surface area contributed by atoms with Gasteiger partial charge in [0.15, 0.2) is 11.9 Å². The van der Waals surface area contributed by atoms with E-state index in [2.05, 4.69) is 63.5 Å². The molecule has 1 aromatic heterocycles. The van der Waals surface area contributed by atoms with Gasteiger partial charge in [-0.2, -0.15) is 0 Å². The van der Waals surface area contributed by atoms with E-state index >= 15 is 0 Å². The number of hydrogen-bond acceptors (Lipinski definition) is 16. The van der Waals surface area contributed by atoms with Crippen LogP contribution in [-0.4, -0.2) is 173 Å². The lowest BCUT2D eigenvalue weighted by molar-refractivity contribution is -0.142. The Morgan fingerprint density at radius 1 is 0.453 bits per heavy atom. The molecule has 0 aliphatic carbocycles. The Balaban J connectivity index is 2.01. The second-order valence-electron chi connectivity index (χ2n) is 25.1. The van der Waals surface area contributed by atoms with Crippen molar-refractivity contribution >= 4 is 82.0 Å². The third-order valence-electron chi connectivity index (χ3n) is 15.9. The quantitative estimate of drug-likeness (QED) is 0.0181. The van der Waals surface area contributed by atoms with Crippen molar-refractivity contribution in [2.24, 2.45) is 52.3 Å². The lowest BCUT2D eigenvalue weighted by Gasteiger charge is -2.30. The van der Waals surface area contributed by atoms with Gasteiger partial charge in [0.1, 0.15) is 60.1 Å². The maximum Gasteiger partial charge on any atom is 0.326 e. The van der Waals surface area contributed by atoms with Crippen LogP contribution in [0.3, 0.4) is 0 Å². The van der Waals surface area contributed by atoms with Crippen LogP contribution in [0, 0.1) is 34.5 Å². The first-order valence-electron chi connectivity index (χ1n) is 32.5. The number of para-hydroxylation sites is 1. The molecular weight excluding hydrogens is 1230 g/mol. The number of phenols is 1. The summed E-state index contributed by atoms with van der Waals surface area (Å²) in [6.45, 7) is 14.3. The van der Waals surface area contributed by atoms with Gasteiger partial charge in [0.2, 0.25) is 53.2 Å². The van der Waals surface area contributed by atoms with Crippen LogP contribution in [0.2, 0.25) is 0 Å². The van der Waals surface area contributed by atoms with Crippen molar-refractivity contribution < 1.29 is 58.2 Å². The number of carboxylic acids is 1. The molecule has 2 aromatic carbocycles. The topological polar surface area (TPSA) is 537 Å². The second kappa shape index (κ2) is 40.9. The molecule has 3 aromatic rings. The number of benzene rings is 2. The Bertz CT molecular complexity index is 3030. The molecule has 31 heteroatoms. The van der Waals surface area contributed by atoms with E-state index in [1.54, 1.807) is 61.6 Å². The van der Waals surface area contributed by atoms with E-state index in [1.165, 1.54) is 24.3 Å². The lowest BCUT2D eigenvalue weighted by Crippen LogP contribution is -2.62. The fourth-order valence-corrected chi connectivity index (χ4v) is 10.2. The summed E-state index contributed by atoms with van der Waals surface area (Å²) in [5, 5.41) is 65.6. The smallest absolute Gasteiger partial charge is 0.326 e. The molecule has 0 saturated heterocycles. The van der Waals surface area contributed by atoms with Crippen LogP contribution in [0.1, 0.15) is 131 Å². The predicted octanol–water partition coefficient (Wildman–Crippen LogP) is -1.16. The summed E-state index contributed by atoms with van der Waals surface area (Å²) in [7, 11) is 0. The molecule has 26 N–H and O–H groups in total. The molecule has 0 spiro atoms. The van der Waals surface area contributed by atoms with Crippen LogP contribution < -0.4 is 87.2 Å². The summed E-state index contributed by atoms with van der Waals surface area (Å²) in [5.74, 6) is -11.1. The van der Waals surface area contributed by atoms with E-state index in [0.29, 0.717) is 36.8 Å². The van der Waals surface area contributed by atoms with Crippen LogP contribution in [0.15, 0.2) is 54.7 Å². The number of nitrogens with two attached hydrogens (primary N) is 5. The van der Waals surface area contributed by atoms with E-state index in [-0.39, 0.29) is 101 Å². The van der Waals surface area contributed by atoms with Crippen molar-refractivity contribution in [2.75, 3.05) is 26.2 Å². The highest BCUT2D eigenvalue weighted by atomic mass is 16.4. The zero-order chi connectivity index (χ0) is 71.1. The summed E-state index contributed by atoms with van der Waals surface area (Å²) in [6, 6.07) is 0.102. The maximum atomic E-state index is 14.9. The molecule has 0 unspecified atom stereocenters. The number of aliphatic carboxylic acids is 1. The molecule has 3 rings (SSSR count). The summed E-state index contributed by atoms with van der Waals surface area (Å²) < 4.78 is 0. The van der Waals surface area contributed by atoms with E-state index < -0.39 is 137 Å². The number of phenolic OH excluding ortho intramolecular Hbond substituents is 1. The van der Waals surface area contributed by atoms with Crippen LogP contribution in [0.4, 0.5) is 0 Å². The van der Waals surface area contributed by atoms with Crippen molar-refractivity contribution in [3.8, 4) is 5.75 Å². The molecule has 0 radical (unpaired) electrons.